The number of nitrogens with zero attached hydrogens (tertiary/aromatic N) is 1. The Labute approximate surface area is 126 Å². The van der Waals surface area contributed by atoms with Crippen LogP contribution < -0.4 is 16.0 Å². The molecule has 1 aliphatic rings. The molecule has 3 N–H and O–H groups in total. The van der Waals surface area contributed by atoms with Gasteiger partial charge in [-0.25, -0.2) is 8.42 Å². The molecule has 0 atom stereocenters. The van der Waals surface area contributed by atoms with Gasteiger partial charge in [0.25, 0.3) is 0 Å². The Bertz CT molecular complexity index is 458. The van der Waals surface area contributed by atoms with Crippen LogP contribution in [0.1, 0.15) is 26.2 Å². The summed E-state index contributed by atoms with van der Waals surface area (Å²) in [5.41, 5.74) is 0. The van der Waals surface area contributed by atoms with E-state index in [1.807, 2.05) is 6.92 Å². The van der Waals surface area contributed by atoms with E-state index in [0.29, 0.717) is 32.0 Å². The lowest BCUT2D eigenvalue weighted by Crippen LogP contribution is -2.41. The summed E-state index contributed by atoms with van der Waals surface area (Å²) >= 11 is 0. The minimum absolute atomic E-state index is 0.131. The molecule has 0 aromatic carbocycles. The van der Waals surface area contributed by atoms with Crippen LogP contribution in [0, 0.1) is 5.92 Å². The number of sulfone groups is 1. The number of amides is 1. The Morgan fingerprint density at radius 2 is 1.86 bits per heavy atom. The Morgan fingerprint density at radius 1 is 1.19 bits per heavy atom. The standard InChI is InChI=1S/C13H26N4O3S/c1-3-14-13(16-7-4-10-21(2,19)20)17-9-8-15-12(18)11-5-6-11/h11H,3-10H2,1-2H3,(H,15,18)(H2,14,16,17). The summed E-state index contributed by atoms with van der Waals surface area (Å²) in [6.45, 7) is 4.30. The summed E-state index contributed by atoms with van der Waals surface area (Å²) in [6.07, 6.45) is 3.74. The molecule has 0 heterocycles. The average molecular weight is 318 g/mol. The van der Waals surface area contributed by atoms with E-state index in [1.165, 1.54) is 6.26 Å². The van der Waals surface area contributed by atoms with Crippen molar-refractivity contribution in [1.82, 2.24) is 16.0 Å². The number of nitrogens with one attached hydrogen (secondary N) is 3. The summed E-state index contributed by atoms with van der Waals surface area (Å²) in [6, 6.07) is 0. The summed E-state index contributed by atoms with van der Waals surface area (Å²) in [4.78, 5) is 15.7. The minimum Gasteiger partial charge on any atom is -0.357 e. The van der Waals surface area contributed by atoms with E-state index in [1.54, 1.807) is 0 Å². The van der Waals surface area contributed by atoms with E-state index >= 15 is 0 Å². The molecule has 122 valence electrons. The maximum Gasteiger partial charge on any atom is 0.223 e. The molecular formula is C13H26N4O3S. The molecule has 0 aromatic heterocycles. The number of carbonyl (C=O) groups excluding carboxylic acids is 1. The number of carbonyl (C=O) groups is 1. The van der Waals surface area contributed by atoms with Gasteiger partial charge >= 0.3 is 0 Å². The fourth-order valence-corrected chi connectivity index (χ4v) is 2.37. The smallest absolute Gasteiger partial charge is 0.223 e. The molecule has 1 aliphatic carbocycles. The van der Waals surface area contributed by atoms with Crippen molar-refractivity contribution in [3.8, 4) is 0 Å². The van der Waals surface area contributed by atoms with E-state index in [-0.39, 0.29) is 17.6 Å². The number of guanidine groups is 1. The molecule has 0 aliphatic heterocycles. The van der Waals surface area contributed by atoms with Gasteiger partial charge in [-0.3, -0.25) is 9.79 Å². The molecule has 7 nitrogen and oxygen atoms in total. The lowest BCUT2D eigenvalue weighted by Gasteiger charge is -2.11. The van der Waals surface area contributed by atoms with Crippen molar-refractivity contribution in [1.29, 1.82) is 0 Å². The first kappa shape index (κ1) is 17.7. The third kappa shape index (κ3) is 9.28. The zero-order chi connectivity index (χ0) is 15.7. The van der Waals surface area contributed by atoms with Crippen LogP contribution in [-0.4, -0.2) is 58.5 Å². The Balaban J connectivity index is 2.19. The highest BCUT2D eigenvalue weighted by molar-refractivity contribution is 7.90. The maximum atomic E-state index is 11.4. The van der Waals surface area contributed by atoms with Crippen molar-refractivity contribution in [3.05, 3.63) is 0 Å². The van der Waals surface area contributed by atoms with Crippen LogP contribution in [0.2, 0.25) is 0 Å². The van der Waals surface area contributed by atoms with E-state index in [4.69, 9.17) is 0 Å². The van der Waals surface area contributed by atoms with Crippen LogP contribution in [0.4, 0.5) is 0 Å². The average Bonchev–Trinajstić information content (AvgIpc) is 3.22. The molecule has 0 saturated heterocycles. The Hall–Kier alpha value is -1.31. The maximum absolute atomic E-state index is 11.4. The van der Waals surface area contributed by atoms with Gasteiger partial charge in [0.15, 0.2) is 5.96 Å². The first-order valence-electron chi connectivity index (χ1n) is 7.40. The highest BCUT2D eigenvalue weighted by atomic mass is 32.2. The molecule has 1 fully saturated rings. The van der Waals surface area contributed by atoms with Crippen LogP contribution in [-0.2, 0) is 14.6 Å². The van der Waals surface area contributed by atoms with Gasteiger partial charge in [-0.2, -0.15) is 0 Å². The van der Waals surface area contributed by atoms with Crippen molar-refractivity contribution < 1.29 is 13.2 Å². The summed E-state index contributed by atoms with van der Waals surface area (Å²) in [5, 5.41) is 9.05. The fourth-order valence-electron chi connectivity index (χ4n) is 1.72. The zero-order valence-corrected chi connectivity index (χ0v) is 13.6. The minimum atomic E-state index is -2.92. The van der Waals surface area contributed by atoms with Gasteiger partial charge in [-0.15, -0.1) is 0 Å². The molecule has 21 heavy (non-hydrogen) atoms. The van der Waals surface area contributed by atoms with Crippen molar-refractivity contribution >= 4 is 21.7 Å². The highest BCUT2D eigenvalue weighted by Gasteiger charge is 2.28. The SMILES string of the molecule is CCNC(=NCCCS(C)(=O)=O)NCCNC(=O)C1CC1. The molecule has 0 unspecified atom stereocenters. The Kier molecular flexibility index (Phi) is 7.49. The van der Waals surface area contributed by atoms with Gasteiger partial charge in [0.2, 0.25) is 5.91 Å². The molecule has 0 bridgehead atoms. The molecule has 1 rings (SSSR count). The summed E-state index contributed by atoms with van der Waals surface area (Å²) in [7, 11) is -2.92. The van der Waals surface area contributed by atoms with Gasteiger partial charge in [-0.1, -0.05) is 0 Å². The molecular weight excluding hydrogens is 292 g/mol. The third-order valence-electron chi connectivity index (χ3n) is 2.95. The third-order valence-corrected chi connectivity index (χ3v) is 3.98. The first-order chi connectivity index (χ1) is 9.92. The van der Waals surface area contributed by atoms with Gasteiger partial charge in [0.05, 0.1) is 5.75 Å². The quantitative estimate of drug-likeness (QED) is 0.302. The van der Waals surface area contributed by atoms with Crippen molar-refractivity contribution in [2.24, 2.45) is 10.9 Å². The molecule has 8 heteroatoms. The first-order valence-corrected chi connectivity index (χ1v) is 9.46. The van der Waals surface area contributed by atoms with Crippen LogP contribution in [0.5, 0.6) is 0 Å². The second-order valence-electron chi connectivity index (χ2n) is 5.24. The van der Waals surface area contributed by atoms with Gasteiger partial charge in [0.1, 0.15) is 9.84 Å². The topological polar surface area (TPSA) is 99.7 Å². The number of hydrogen-bond donors (Lipinski definition) is 3. The van der Waals surface area contributed by atoms with Crippen molar-refractivity contribution in [2.45, 2.75) is 26.2 Å². The van der Waals surface area contributed by atoms with Gasteiger partial charge in [-0.05, 0) is 26.2 Å². The highest BCUT2D eigenvalue weighted by Crippen LogP contribution is 2.28. The predicted molar refractivity (Wildman–Crippen MR) is 84.0 cm³/mol. The second kappa shape index (κ2) is 8.86. The van der Waals surface area contributed by atoms with Crippen molar-refractivity contribution in [2.75, 3.05) is 38.2 Å². The van der Waals surface area contributed by atoms with Crippen LogP contribution in [0.15, 0.2) is 4.99 Å². The van der Waals surface area contributed by atoms with Crippen LogP contribution >= 0.6 is 0 Å². The van der Waals surface area contributed by atoms with Crippen LogP contribution in [0.25, 0.3) is 0 Å². The molecule has 0 aromatic rings. The normalized spacial score (nSPS) is 15.6. The second-order valence-corrected chi connectivity index (χ2v) is 7.50. The summed E-state index contributed by atoms with van der Waals surface area (Å²) < 4.78 is 22.0. The number of rotatable bonds is 9. The van der Waals surface area contributed by atoms with Crippen molar-refractivity contribution in [3.63, 3.8) is 0 Å². The fraction of sp³-hybridized carbons (Fsp3) is 0.846. The largest absolute Gasteiger partial charge is 0.357 e. The van der Waals surface area contributed by atoms with Gasteiger partial charge < -0.3 is 16.0 Å². The zero-order valence-electron chi connectivity index (χ0n) is 12.8. The molecule has 1 saturated carbocycles. The van der Waals surface area contributed by atoms with E-state index in [0.717, 1.165) is 19.4 Å². The lowest BCUT2D eigenvalue weighted by molar-refractivity contribution is -0.122. The monoisotopic (exact) mass is 318 g/mol. The lowest BCUT2D eigenvalue weighted by atomic mass is 10.4. The van der Waals surface area contributed by atoms with Gasteiger partial charge in [0, 0.05) is 38.4 Å². The predicted octanol–water partition coefficient (Wildman–Crippen LogP) is -0.498. The molecule has 0 spiro atoms. The summed E-state index contributed by atoms with van der Waals surface area (Å²) in [5.74, 6) is 1.15. The van der Waals surface area contributed by atoms with E-state index in [2.05, 4.69) is 20.9 Å². The van der Waals surface area contributed by atoms with E-state index < -0.39 is 9.84 Å². The molecule has 0 radical (unpaired) electrons. The van der Waals surface area contributed by atoms with Crippen LogP contribution in [0.3, 0.4) is 0 Å². The van der Waals surface area contributed by atoms with E-state index in [9.17, 15) is 13.2 Å². The number of aliphatic imine (C=N–C) groups is 1. The number of hydrogen-bond acceptors (Lipinski definition) is 4. The Morgan fingerprint density at radius 3 is 2.43 bits per heavy atom. The molecule has 1 amide bonds.